The number of alkyl halides is 1. The zero-order valence-electron chi connectivity index (χ0n) is 12.2. The van der Waals surface area contributed by atoms with Crippen LogP contribution >= 0.6 is 11.6 Å². The van der Waals surface area contributed by atoms with Gasteiger partial charge in [-0.1, -0.05) is 25.0 Å². The number of rotatable bonds is 6. The van der Waals surface area contributed by atoms with Gasteiger partial charge in [0.05, 0.1) is 5.69 Å². The molecule has 0 unspecified atom stereocenters. The van der Waals surface area contributed by atoms with Gasteiger partial charge in [-0.3, -0.25) is 4.72 Å². The summed E-state index contributed by atoms with van der Waals surface area (Å²) in [6, 6.07) is 7.56. The van der Waals surface area contributed by atoms with Crippen LogP contribution in [0.5, 0.6) is 0 Å². The summed E-state index contributed by atoms with van der Waals surface area (Å²) in [7, 11) is -3.44. The molecule has 0 bridgehead atoms. The first-order chi connectivity index (χ1) is 10.1. The molecule has 2 rings (SSSR count). The number of hydrogen-bond acceptors (Lipinski definition) is 2. The average Bonchev–Trinajstić information content (AvgIpc) is 2.74. The fourth-order valence-corrected chi connectivity index (χ4v) is 3.98. The van der Waals surface area contributed by atoms with Gasteiger partial charge in [-0.05, 0) is 43.4 Å². The summed E-state index contributed by atoms with van der Waals surface area (Å²) >= 11 is 5.70. The van der Waals surface area contributed by atoms with Gasteiger partial charge in [0.2, 0.25) is 0 Å². The summed E-state index contributed by atoms with van der Waals surface area (Å²) in [4.78, 5) is 0. The highest BCUT2D eigenvalue weighted by atomic mass is 35.5. The summed E-state index contributed by atoms with van der Waals surface area (Å²) in [6.07, 6.45) is 5.86. The van der Waals surface area contributed by atoms with Crippen molar-refractivity contribution in [2.45, 2.75) is 38.5 Å². The van der Waals surface area contributed by atoms with Gasteiger partial charge in [0.1, 0.15) is 0 Å². The Labute approximate surface area is 132 Å². The average molecular weight is 331 g/mol. The lowest BCUT2D eigenvalue weighted by Crippen LogP contribution is -2.36. The predicted octanol–water partition coefficient (Wildman–Crippen LogP) is 3.39. The Balaban J connectivity index is 2.05. The van der Waals surface area contributed by atoms with Gasteiger partial charge in [-0.15, -0.1) is 11.6 Å². The molecule has 0 radical (unpaired) electrons. The molecular weight excluding hydrogens is 308 g/mol. The van der Waals surface area contributed by atoms with Crippen molar-refractivity contribution in [3.8, 4) is 0 Å². The van der Waals surface area contributed by atoms with Gasteiger partial charge < -0.3 is 0 Å². The fraction of sp³-hybridized carbons (Fsp3) is 0.600. The Hall–Kier alpha value is -0.780. The maximum Gasteiger partial charge on any atom is 0.301 e. The molecule has 1 aromatic rings. The van der Waals surface area contributed by atoms with Crippen molar-refractivity contribution in [1.82, 2.24) is 4.31 Å². The van der Waals surface area contributed by atoms with E-state index in [9.17, 15) is 8.42 Å². The smallest absolute Gasteiger partial charge is 0.271 e. The zero-order chi connectivity index (χ0) is 15.1. The third kappa shape index (κ3) is 5.16. The third-order valence-electron chi connectivity index (χ3n) is 3.68. The van der Waals surface area contributed by atoms with Gasteiger partial charge in [0, 0.05) is 19.0 Å². The molecule has 0 spiro atoms. The van der Waals surface area contributed by atoms with Crippen LogP contribution < -0.4 is 4.72 Å². The number of aryl methyl sites for hydroxylation is 1. The molecule has 6 heteroatoms. The number of hydrogen-bond donors (Lipinski definition) is 1. The molecule has 0 aromatic heterocycles. The SMILES string of the molecule is O=S(=O)(Nc1cccc(CCCCl)c1)N1CCCCCC1. The maximum absolute atomic E-state index is 12.4. The minimum Gasteiger partial charge on any atom is -0.271 e. The summed E-state index contributed by atoms with van der Waals surface area (Å²) < 4.78 is 29.1. The minimum absolute atomic E-state index is 0.612. The minimum atomic E-state index is -3.44. The standard InChI is InChI=1S/C15H23ClN2O2S/c16-10-6-8-14-7-5-9-15(13-14)17-21(19,20)18-11-3-1-2-4-12-18/h5,7,9,13,17H,1-4,6,8,10-12H2. The van der Waals surface area contributed by atoms with Gasteiger partial charge in [0.25, 0.3) is 0 Å². The fourth-order valence-electron chi connectivity index (χ4n) is 2.56. The van der Waals surface area contributed by atoms with Crippen LogP contribution in [0.15, 0.2) is 24.3 Å². The van der Waals surface area contributed by atoms with E-state index in [1.54, 1.807) is 10.4 Å². The van der Waals surface area contributed by atoms with Crippen LogP contribution in [0, 0.1) is 0 Å². The molecule has 0 amide bonds. The van der Waals surface area contributed by atoms with Crippen LogP contribution in [0.1, 0.15) is 37.7 Å². The van der Waals surface area contributed by atoms with Gasteiger partial charge in [0.15, 0.2) is 0 Å². The first-order valence-electron chi connectivity index (χ1n) is 7.54. The Morgan fingerprint density at radius 3 is 2.52 bits per heavy atom. The molecule has 1 aliphatic rings. The lowest BCUT2D eigenvalue weighted by molar-refractivity contribution is 0.427. The van der Waals surface area contributed by atoms with Crippen LogP contribution in [0.3, 0.4) is 0 Å². The zero-order valence-corrected chi connectivity index (χ0v) is 13.8. The molecule has 1 saturated heterocycles. The van der Waals surface area contributed by atoms with Gasteiger partial charge in [-0.2, -0.15) is 12.7 Å². The van der Waals surface area contributed by atoms with E-state index >= 15 is 0 Å². The maximum atomic E-state index is 12.4. The lowest BCUT2D eigenvalue weighted by atomic mass is 10.1. The van der Waals surface area contributed by atoms with Crippen LogP contribution in [0.4, 0.5) is 5.69 Å². The van der Waals surface area contributed by atoms with Gasteiger partial charge >= 0.3 is 10.2 Å². The van der Waals surface area contributed by atoms with E-state index in [4.69, 9.17) is 11.6 Å². The molecular formula is C15H23ClN2O2S. The molecule has 1 fully saturated rings. The number of halogens is 1. The van der Waals surface area contributed by atoms with E-state index in [2.05, 4.69) is 4.72 Å². The van der Waals surface area contributed by atoms with E-state index < -0.39 is 10.2 Å². The summed E-state index contributed by atoms with van der Waals surface area (Å²) in [5.41, 5.74) is 1.73. The molecule has 0 aliphatic carbocycles. The third-order valence-corrected chi connectivity index (χ3v) is 5.48. The second-order valence-electron chi connectivity index (χ2n) is 5.41. The molecule has 4 nitrogen and oxygen atoms in total. The Morgan fingerprint density at radius 2 is 1.86 bits per heavy atom. The first-order valence-corrected chi connectivity index (χ1v) is 9.52. The van der Waals surface area contributed by atoms with Crippen molar-refractivity contribution in [2.24, 2.45) is 0 Å². The molecule has 1 heterocycles. The summed E-state index contributed by atoms with van der Waals surface area (Å²) in [6.45, 7) is 1.22. The van der Waals surface area contributed by atoms with Crippen LogP contribution in [-0.4, -0.2) is 31.7 Å². The Kier molecular flexibility index (Phi) is 6.33. The highest BCUT2D eigenvalue weighted by molar-refractivity contribution is 7.90. The summed E-state index contributed by atoms with van der Waals surface area (Å²) in [5.74, 6) is 0.615. The number of benzene rings is 1. The van der Waals surface area contributed by atoms with E-state index in [1.165, 1.54) is 0 Å². The molecule has 1 N–H and O–H groups in total. The van der Waals surface area contributed by atoms with Crippen molar-refractivity contribution >= 4 is 27.5 Å². The summed E-state index contributed by atoms with van der Waals surface area (Å²) in [5, 5.41) is 0. The normalized spacial score (nSPS) is 17.4. The second-order valence-corrected chi connectivity index (χ2v) is 7.46. The quantitative estimate of drug-likeness (QED) is 0.813. The van der Waals surface area contributed by atoms with E-state index in [1.807, 2.05) is 18.2 Å². The largest absolute Gasteiger partial charge is 0.301 e. The molecule has 1 aromatic carbocycles. The van der Waals surface area contributed by atoms with Crippen LogP contribution in [0.25, 0.3) is 0 Å². The lowest BCUT2D eigenvalue weighted by Gasteiger charge is -2.21. The first kappa shape index (κ1) is 16.6. The highest BCUT2D eigenvalue weighted by Crippen LogP contribution is 2.18. The highest BCUT2D eigenvalue weighted by Gasteiger charge is 2.22. The monoisotopic (exact) mass is 330 g/mol. The Morgan fingerprint density at radius 1 is 1.14 bits per heavy atom. The van der Waals surface area contributed by atoms with Crippen LogP contribution in [-0.2, 0) is 16.6 Å². The van der Waals surface area contributed by atoms with Crippen molar-refractivity contribution in [2.75, 3.05) is 23.7 Å². The molecule has 0 atom stereocenters. The number of nitrogens with zero attached hydrogens (tertiary/aromatic N) is 1. The van der Waals surface area contributed by atoms with E-state index in [0.29, 0.717) is 24.7 Å². The molecule has 118 valence electrons. The van der Waals surface area contributed by atoms with E-state index in [0.717, 1.165) is 44.1 Å². The van der Waals surface area contributed by atoms with Crippen molar-refractivity contribution < 1.29 is 8.42 Å². The van der Waals surface area contributed by atoms with Crippen LogP contribution in [0.2, 0.25) is 0 Å². The predicted molar refractivity (Wildman–Crippen MR) is 88.1 cm³/mol. The second kappa shape index (κ2) is 8.01. The van der Waals surface area contributed by atoms with Crippen molar-refractivity contribution in [3.05, 3.63) is 29.8 Å². The number of nitrogens with one attached hydrogen (secondary N) is 1. The van der Waals surface area contributed by atoms with E-state index in [-0.39, 0.29) is 0 Å². The van der Waals surface area contributed by atoms with Crippen molar-refractivity contribution in [3.63, 3.8) is 0 Å². The van der Waals surface area contributed by atoms with Gasteiger partial charge in [-0.25, -0.2) is 0 Å². The Bertz CT molecular complexity index is 540. The number of anilines is 1. The molecule has 21 heavy (non-hydrogen) atoms. The molecule has 1 aliphatic heterocycles. The molecule has 0 saturated carbocycles. The topological polar surface area (TPSA) is 49.4 Å². The van der Waals surface area contributed by atoms with Crippen molar-refractivity contribution in [1.29, 1.82) is 0 Å².